The second kappa shape index (κ2) is 9.06. The Morgan fingerprint density at radius 1 is 0.969 bits per heavy atom. The van der Waals surface area contributed by atoms with E-state index in [-0.39, 0.29) is 17.7 Å². The summed E-state index contributed by atoms with van der Waals surface area (Å²) in [4.78, 5) is 32.7. The standard InChI is InChI=1S/C26H24N2O4/c1-17(2)32-26(30)24-21-9-5-4-8-19(21)16-23(18-11-13-20(31-3)14-12-18)28(24)25(29)22-10-6-7-15-27-22/h4-17,24H,1-3H3. The van der Waals surface area contributed by atoms with Crippen LogP contribution in [0.1, 0.15) is 47.1 Å². The molecule has 0 saturated carbocycles. The number of benzene rings is 2. The van der Waals surface area contributed by atoms with Gasteiger partial charge in [0.15, 0.2) is 6.04 Å². The Morgan fingerprint density at radius 3 is 2.34 bits per heavy atom. The van der Waals surface area contributed by atoms with Crippen LogP contribution in [0.15, 0.2) is 72.9 Å². The molecule has 1 aliphatic heterocycles. The Morgan fingerprint density at radius 2 is 1.69 bits per heavy atom. The number of aromatic nitrogens is 1. The summed E-state index contributed by atoms with van der Waals surface area (Å²) in [6.07, 6.45) is 3.15. The van der Waals surface area contributed by atoms with Crippen LogP contribution < -0.4 is 4.74 Å². The Hall–Kier alpha value is -3.93. The van der Waals surface area contributed by atoms with Crippen LogP contribution in [0.3, 0.4) is 0 Å². The zero-order chi connectivity index (χ0) is 22.7. The van der Waals surface area contributed by atoms with E-state index in [0.29, 0.717) is 17.0 Å². The van der Waals surface area contributed by atoms with Gasteiger partial charge in [0.05, 0.1) is 18.9 Å². The molecule has 1 aromatic heterocycles. The van der Waals surface area contributed by atoms with Crippen molar-refractivity contribution in [3.8, 4) is 5.75 Å². The zero-order valence-electron chi connectivity index (χ0n) is 18.2. The molecule has 0 aliphatic carbocycles. The summed E-state index contributed by atoms with van der Waals surface area (Å²) in [5, 5.41) is 0. The first kappa shape index (κ1) is 21.3. The molecule has 0 radical (unpaired) electrons. The van der Waals surface area contributed by atoms with Crippen molar-refractivity contribution in [3.63, 3.8) is 0 Å². The summed E-state index contributed by atoms with van der Waals surface area (Å²) >= 11 is 0. The highest BCUT2D eigenvalue weighted by atomic mass is 16.5. The number of carbonyl (C=O) groups excluding carboxylic acids is 2. The molecule has 0 spiro atoms. The van der Waals surface area contributed by atoms with Gasteiger partial charge in [0, 0.05) is 6.20 Å². The first-order valence-corrected chi connectivity index (χ1v) is 10.4. The number of ether oxygens (including phenoxy) is 2. The molecule has 1 unspecified atom stereocenters. The number of carbonyl (C=O) groups is 2. The predicted octanol–water partition coefficient (Wildman–Crippen LogP) is 4.74. The second-order valence-electron chi connectivity index (χ2n) is 7.67. The fourth-order valence-electron chi connectivity index (χ4n) is 3.74. The van der Waals surface area contributed by atoms with Crippen LogP contribution >= 0.6 is 0 Å². The molecule has 0 fully saturated rings. The average Bonchev–Trinajstić information content (AvgIpc) is 2.82. The third kappa shape index (κ3) is 4.12. The molecule has 1 aliphatic rings. The number of methoxy groups -OCH3 is 1. The minimum absolute atomic E-state index is 0.244. The molecule has 4 rings (SSSR count). The lowest BCUT2D eigenvalue weighted by Crippen LogP contribution is -2.41. The number of pyridine rings is 1. The smallest absolute Gasteiger partial charge is 0.334 e. The van der Waals surface area contributed by atoms with Crippen LogP contribution in [-0.2, 0) is 9.53 Å². The van der Waals surface area contributed by atoms with Gasteiger partial charge in [0.25, 0.3) is 5.91 Å². The number of rotatable bonds is 5. The van der Waals surface area contributed by atoms with E-state index in [1.165, 1.54) is 4.90 Å². The van der Waals surface area contributed by atoms with E-state index in [2.05, 4.69) is 4.98 Å². The topological polar surface area (TPSA) is 68.7 Å². The van der Waals surface area contributed by atoms with E-state index < -0.39 is 12.0 Å². The fraction of sp³-hybridized carbons (Fsp3) is 0.192. The van der Waals surface area contributed by atoms with E-state index in [9.17, 15) is 9.59 Å². The van der Waals surface area contributed by atoms with Crippen LogP contribution in [-0.4, -0.2) is 35.0 Å². The molecular formula is C26H24N2O4. The maximum atomic E-state index is 13.7. The summed E-state index contributed by atoms with van der Waals surface area (Å²) in [6.45, 7) is 3.58. The molecule has 1 atom stereocenters. The highest BCUT2D eigenvalue weighted by Crippen LogP contribution is 2.40. The zero-order valence-corrected chi connectivity index (χ0v) is 18.2. The molecular weight excluding hydrogens is 404 g/mol. The average molecular weight is 428 g/mol. The molecule has 1 amide bonds. The first-order chi connectivity index (χ1) is 15.5. The molecule has 2 aromatic carbocycles. The number of hydrogen-bond acceptors (Lipinski definition) is 5. The van der Waals surface area contributed by atoms with Crippen LogP contribution in [0, 0.1) is 0 Å². The van der Waals surface area contributed by atoms with Gasteiger partial charge < -0.3 is 9.47 Å². The number of nitrogens with zero attached hydrogens (tertiary/aromatic N) is 2. The van der Waals surface area contributed by atoms with Crippen molar-refractivity contribution >= 4 is 23.6 Å². The van der Waals surface area contributed by atoms with Gasteiger partial charge in [-0.15, -0.1) is 0 Å². The van der Waals surface area contributed by atoms with Gasteiger partial charge in [-0.3, -0.25) is 14.7 Å². The highest BCUT2D eigenvalue weighted by molar-refractivity contribution is 6.05. The summed E-state index contributed by atoms with van der Waals surface area (Å²) in [5.74, 6) is -0.173. The number of amides is 1. The van der Waals surface area contributed by atoms with Crippen molar-refractivity contribution in [2.45, 2.75) is 26.0 Å². The lowest BCUT2D eigenvalue weighted by molar-refractivity contribution is -0.152. The molecule has 6 heteroatoms. The van der Waals surface area contributed by atoms with Gasteiger partial charge in [-0.05, 0) is 73.0 Å². The van der Waals surface area contributed by atoms with Gasteiger partial charge in [-0.25, -0.2) is 4.79 Å². The van der Waals surface area contributed by atoms with Crippen LogP contribution in [0.2, 0.25) is 0 Å². The van der Waals surface area contributed by atoms with Crippen molar-refractivity contribution in [3.05, 3.63) is 95.3 Å². The van der Waals surface area contributed by atoms with Gasteiger partial charge in [-0.1, -0.05) is 30.3 Å². The van der Waals surface area contributed by atoms with Gasteiger partial charge in [-0.2, -0.15) is 0 Å². The molecule has 0 saturated heterocycles. The minimum Gasteiger partial charge on any atom is -0.497 e. The van der Waals surface area contributed by atoms with E-state index in [1.807, 2.05) is 54.6 Å². The monoisotopic (exact) mass is 428 g/mol. The fourth-order valence-corrected chi connectivity index (χ4v) is 3.74. The molecule has 6 nitrogen and oxygen atoms in total. The number of esters is 1. The van der Waals surface area contributed by atoms with Gasteiger partial charge in [0.2, 0.25) is 0 Å². The second-order valence-corrected chi connectivity index (χ2v) is 7.67. The van der Waals surface area contributed by atoms with Crippen molar-refractivity contribution < 1.29 is 19.1 Å². The van der Waals surface area contributed by atoms with E-state index in [4.69, 9.17) is 9.47 Å². The summed E-state index contributed by atoms with van der Waals surface area (Å²) in [7, 11) is 1.60. The molecule has 2 heterocycles. The third-order valence-electron chi connectivity index (χ3n) is 5.16. The van der Waals surface area contributed by atoms with Crippen molar-refractivity contribution in [2.24, 2.45) is 0 Å². The van der Waals surface area contributed by atoms with Crippen LogP contribution in [0.25, 0.3) is 11.8 Å². The molecule has 0 N–H and O–H groups in total. The Bertz CT molecular complexity index is 1150. The highest BCUT2D eigenvalue weighted by Gasteiger charge is 2.40. The van der Waals surface area contributed by atoms with E-state index >= 15 is 0 Å². The Labute approximate surface area is 187 Å². The Balaban J connectivity index is 1.91. The molecule has 162 valence electrons. The first-order valence-electron chi connectivity index (χ1n) is 10.4. The lowest BCUT2D eigenvalue weighted by atomic mass is 9.91. The maximum Gasteiger partial charge on any atom is 0.334 e. The number of hydrogen-bond donors (Lipinski definition) is 0. The molecule has 3 aromatic rings. The summed E-state index contributed by atoms with van der Waals surface area (Å²) in [6, 6.07) is 19.1. The van der Waals surface area contributed by atoms with Crippen LogP contribution in [0.4, 0.5) is 0 Å². The normalized spacial score (nSPS) is 15.1. The van der Waals surface area contributed by atoms with Crippen LogP contribution in [0.5, 0.6) is 5.75 Å². The van der Waals surface area contributed by atoms with Gasteiger partial charge >= 0.3 is 5.97 Å². The van der Waals surface area contributed by atoms with Crippen molar-refractivity contribution in [1.82, 2.24) is 9.88 Å². The molecule has 32 heavy (non-hydrogen) atoms. The van der Waals surface area contributed by atoms with E-state index in [0.717, 1.165) is 11.1 Å². The lowest BCUT2D eigenvalue weighted by Gasteiger charge is -2.36. The number of fused-ring (bicyclic) bond motifs is 1. The van der Waals surface area contributed by atoms with E-state index in [1.54, 1.807) is 45.4 Å². The summed E-state index contributed by atoms with van der Waals surface area (Å²) in [5.41, 5.74) is 3.17. The summed E-state index contributed by atoms with van der Waals surface area (Å²) < 4.78 is 10.9. The van der Waals surface area contributed by atoms with Crippen molar-refractivity contribution in [1.29, 1.82) is 0 Å². The SMILES string of the molecule is COc1ccc(C2=Cc3ccccc3C(C(=O)OC(C)C)N2C(=O)c2ccccn2)cc1. The van der Waals surface area contributed by atoms with Crippen molar-refractivity contribution in [2.75, 3.05) is 7.11 Å². The Kier molecular flexibility index (Phi) is 6.03. The largest absolute Gasteiger partial charge is 0.497 e. The van der Waals surface area contributed by atoms with Gasteiger partial charge in [0.1, 0.15) is 11.4 Å². The quantitative estimate of drug-likeness (QED) is 0.549. The minimum atomic E-state index is -0.940. The maximum absolute atomic E-state index is 13.7. The third-order valence-corrected chi connectivity index (χ3v) is 5.16. The molecule has 0 bridgehead atoms. The predicted molar refractivity (Wildman–Crippen MR) is 122 cm³/mol.